The van der Waals surface area contributed by atoms with Crippen LogP contribution < -0.4 is 15.0 Å². The van der Waals surface area contributed by atoms with Gasteiger partial charge in [0.1, 0.15) is 5.75 Å². The van der Waals surface area contributed by atoms with Crippen molar-refractivity contribution in [2.75, 3.05) is 45.7 Å². The summed E-state index contributed by atoms with van der Waals surface area (Å²) in [7, 11) is 3.18. The van der Waals surface area contributed by atoms with Gasteiger partial charge in [-0.1, -0.05) is 11.6 Å². The van der Waals surface area contributed by atoms with Gasteiger partial charge in [0.25, 0.3) is 5.91 Å². The minimum Gasteiger partial charge on any atom is -0.495 e. The maximum atomic E-state index is 12.3. The van der Waals surface area contributed by atoms with Gasteiger partial charge in [0.2, 0.25) is 5.91 Å². The van der Waals surface area contributed by atoms with Gasteiger partial charge in [-0.2, -0.15) is 0 Å². The molecule has 2 rings (SSSR count). The molecular weight excluding hydrogens is 330 g/mol. The number of hydrogen-bond acceptors (Lipinski definition) is 3. The molecule has 2 amide bonds. The Morgan fingerprint density at radius 1 is 1.29 bits per heavy atom. The zero-order chi connectivity index (χ0) is 17.5. The van der Waals surface area contributed by atoms with E-state index in [9.17, 15) is 9.59 Å². The molecule has 7 heteroatoms. The standard InChI is InChI=1S/C17H24ClN3O3/c1-20(17(23)12-21-8-4-3-5-9-21)11-16(22)19-14-10-13(18)6-7-15(14)24-2/h6-7,10H,3-5,8-9,11-12H2,1-2H3,(H,19,22)/p+1. The average Bonchev–Trinajstić information content (AvgIpc) is 2.55. The molecule has 0 radical (unpaired) electrons. The van der Waals surface area contributed by atoms with Crippen LogP contribution in [0.15, 0.2) is 18.2 Å². The van der Waals surface area contributed by atoms with E-state index in [4.69, 9.17) is 16.3 Å². The Morgan fingerprint density at radius 2 is 2.00 bits per heavy atom. The molecule has 1 aromatic carbocycles. The number of nitrogens with one attached hydrogen (secondary N) is 2. The van der Waals surface area contributed by atoms with Crippen molar-refractivity contribution in [3.8, 4) is 5.75 Å². The number of anilines is 1. The van der Waals surface area contributed by atoms with Gasteiger partial charge >= 0.3 is 0 Å². The predicted molar refractivity (Wildman–Crippen MR) is 93.7 cm³/mol. The monoisotopic (exact) mass is 354 g/mol. The summed E-state index contributed by atoms with van der Waals surface area (Å²) in [5.41, 5.74) is 0.498. The summed E-state index contributed by atoms with van der Waals surface area (Å²) >= 11 is 5.95. The van der Waals surface area contributed by atoms with Crippen LogP contribution in [0.25, 0.3) is 0 Å². The number of benzene rings is 1. The summed E-state index contributed by atoms with van der Waals surface area (Å²) in [6.45, 7) is 2.52. The smallest absolute Gasteiger partial charge is 0.277 e. The third kappa shape index (κ3) is 5.39. The van der Waals surface area contributed by atoms with Crippen LogP contribution in [0.5, 0.6) is 5.75 Å². The van der Waals surface area contributed by atoms with Crippen molar-refractivity contribution in [1.82, 2.24) is 4.90 Å². The van der Waals surface area contributed by atoms with E-state index in [0.717, 1.165) is 13.1 Å². The Labute approximate surface area is 147 Å². The number of halogens is 1. The summed E-state index contributed by atoms with van der Waals surface area (Å²) < 4.78 is 5.20. The van der Waals surface area contributed by atoms with Crippen molar-refractivity contribution in [3.63, 3.8) is 0 Å². The molecule has 0 saturated carbocycles. The van der Waals surface area contributed by atoms with Crippen molar-refractivity contribution in [2.24, 2.45) is 0 Å². The van der Waals surface area contributed by atoms with E-state index in [2.05, 4.69) is 5.32 Å². The second kappa shape index (κ2) is 8.89. The molecule has 0 spiro atoms. The Morgan fingerprint density at radius 3 is 2.67 bits per heavy atom. The normalized spacial score (nSPS) is 15.0. The van der Waals surface area contributed by atoms with Crippen molar-refractivity contribution < 1.29 is 19.2 Å². The second-order valence-electron chi connectivity index (χ2n) is 6.13. The number of hydrogen-bond donors (Lipinski definition) is 2. The number of nitrogens with zero attached hydrogens (tertiary/aromatic N) is 1. The molecule has 1 aliphatic rings. The number of likely N-dealkylation sites (tertiary alicyclic amines) is 1. The number of carbonyl (C=O) groups excluding carboxylic acids is 2. The van der Waals surface area contributed by atoms with Gasteiger partial charge in [0.05, 0.1) is 32.4 Å². The Bertz CT molecular complexity index is 588. The van der Waals surface area contributed by atoms with E-state index in [-0.39, 0.29) is 18.4 Å². The Hall–Kier alpha value is -1.79. The molecule has 24 heavy (non-hydrogen) atoms. The number of rotatable bonds is 6. The molecule has 0 bridgehead atoms. The number of piperidine rings is 1. The van der Waals surface area contributed by atoms with Gasteiger partial charge in [-0.3, -0.25) is 9.59 Å². The van der Waals surface area contributed by atoms with Gasteiger partial charge < -0.3 is 19.9 Å². The highest BCUT2D eigenvalue weighted by Crippen LogP contribution is 2.27. The fourth-order valence-electron chi connectivity index (χ4n) is 2.85. The number of likely N-dealkylation sites (N-methyl/N-ethyl adjacent to an activating group) is 1. The van der Waals surface area contributed by atoms with E-state index in [0.29, 0.717) is 23.0 Å². The van der Waals surface area contributed by atoms with Gasteiger partial charge in [0, 0.05) is 12.1 Å². The molecule has 1 heterocycles. The van der Waals surface area contributed by atoms with Gasteiger partial charge in [-0.25, -0.2) is 0 Å². The number of amides is 2. The summed E-state index contributed by atoms with van der Waals surface area (Å²) in [6.07, 6.45) is 3.58. The van der Waals surface area contributed by atoms with Crippen LogP contribution in [0.3, 0.4) is 0 Å². The first-order valence-corrected chi connectivity index (χ1v) is 8.58. The van der Waals surface area contributed by atoms with Crippen molar-refractivity contribution in [3.05, 3.63) is 23.2 Å². The summed E-state index contributed by atoms with van der Waals surface area (Å²) in [4.78, 5) is 27.2. The Kier molecular flexibility index (Phi) is 6.87. The first kappa shape index (κ1) is 18.5. The molecule has 1 aromatic rings. The quantitative estimate of drug-likeness (QED) is 0.795. The van der Waals surface area contributed by atoms with E-state index < -0.39 is 0 Å². The van der Waals surface area contributed by atoms with Gasteiger partial charge in [-0.05, 0) is 37.5 Å². The van der Waals surface area contributed by atoms with E-state index in [1.807, 2.05) is 0 Å². The average molecular weight is 355 g/mol. The highest BCUT2D eigenvalue weighted by molar-refractivity contribution is 6.31. The predicted octanol–water partition coefficient (Wildman–Crippen LogP) is 0.814. The number of carbonyl (C=O) groups is 2. The summed E-state index contributed by atoms with van der Waals surface area (Å²) in [5, 5.41) is 3.25. The zero-order valence-corrected chi connectivity index (χ0v) is 15.0. The van der Waals surface area contributed by atoms with Crippen LogP contribution in [0.2, 0.25) is 5.02 Å². The van der Waals surface area contributed by atoms with E-state index >= 15 is 0 Å². The maximum Gasteiger partial charge on any atom is 0.277 e. The summed E-state index contributed by atoms with van der Waals surface area (Å²) in [6, 6.07) is 5.00. The third-order valence-corrected chi connectivity index (χ3v) is 4.44. The Balaban J connectivity index is 1.86. The maximum absolute atomic E-state index is 12.3. The van der Waals surface area contributed by atoms with Crippen LogP contribution in [0, 0.1) is 0 Å². The second-order valence-corrected chi connectivity index (χ2v) is 6.57. The number of quaternary nitrogens is 1. The van der Waals surface area contributed by atoms with Crippen LogP contribution in [-0.4, -0.2) is 57.1 Å². The minimum absolute atomic E-state index is 0.00177. The fraction of sp³-hybridized carbons (Fsp3) is 0.529. The van der Waals surface area contributed by atoms with Crippen LogP contribution >= 0.6 is 11.6 Å². The lowest BCUT2D eigenvalue weighted by molar-refractivity contribution is -0.897. The van der Waals surface area contributed by atoms with Crippen molar-refractivity contribution in [2.45, 2.75) is 19.3 Å². The van der Waals surface area contributed by atoms with Crippen LogP contribution in [0.1, 0.15) is 19.3 Å². The molecular formula is C17H25ClN3O3+. The molecule has 0 aliphatic carbocycles. The van der Waals surface area contributed by atoms with E-state index in [1.54, 1.807) is 25.2 Å². The minimum atomic E-state index is -0.278. The molecule has 1 saturated heterocycles. The third-order valence-electron chi connectivity index (χ3n) is 4.20. The molecule has 0 unspecified atom stereocenters. The molecule has 0 aromatic heterocycles. The lowest BCUT2D eigenvalue weighted by atomic mass is 10.1. The van der Waals surface area contributed by atoms with Gasteiger partial charge in [-0.15, -0.1) is 0 Å². The van der Waals surface area contributed by atoms with Crippen molar-refractivity contribution in [1.29, 1.82) is 0 Å². The van der Waals surface area contributed by atoms with Gasteiger partial charge in [0.15, 0.2) is 6.54 Å². The number of ether oxygens (including phenoxy) is 1. The van der Waals surface area contributed by atoms with E-state index in [1.165, 1.54) is 36.2 Å². The van der Waals surface area contributed by atoms with Crippen LogP contribution in [-0.2, 0) is 9.59 Å². The molecule has 1 aliphatic heterocycles. The lowest BCUT2D eigenvalue weighted by Crippen LogP contribution is -3.13. The summed E-state index contributed by atoms with van der Waals surface area (Å²) in [5.74, 6) is 0.236. The molecule has 2 N–H and O–H groups in total. The number of methoxy groups -OCH3 is 1. The first-order chi connectivity index (χ1) is 11.5. The highest BCUT2D eigenvalue weighted by Gasteiger charge is 2.21. The zero-order valence-electron chi connectivity index (χ0n) is 14.2. The fourth-order valence-corrected chi connectivity index (χ4v) is 3.02. The van der Waals surface area contributed by atoms with Crippen molar-refractivity contribution >= 4 is 29.1 Å². The first-order valence-electron chi connectivity index (χ1n) is 8.20. The lowest BCUT2D eigenvalue weighted by Gasteiger charge is -2.25. The molecule has 6 nitrogen and oxygen atoms in total. The largest absolute Gasteiger partial charge is 0.495 e. The molecule has 0 atom stereocenters. The SMILES string of the molecule is COc1ccc(Cl)cc1NC(=O)CN(C)C(=O)C[NH+]1CCCCC1. The molecule has 1 fully saturated rings. The highest BCUT2D eigenvalue weighted by atomic mass is 35.5. The van der Waals surface area contributed by atoms with Crippen LogP contribution in [0.4, 0.5) is 5.69 Å². The topological polar surface area (TPSA) is 63.1 Å². The molecule has 132 valence electrons.